The highest BCUT2D eigenvalue weighted by molar-refractivity contribution is 9.10. The van der Waals surface area contributed by atoms with Crippen LogP contribution in [-0.4, -0.2) is 40.7 Å². The maximum Gasteiger partial charge on any atom is 0.310 e. The maximum atomic E-state index is 13.3. The van der Waals surface area contributed by atoms with Gasteiger partial charge in [0, 0.05) is 25.2 Å². The van der Waals surface area contributed by atoms with Crippen molar-refractivity contribution in [1.82, 2.24) is 0 Å². The number of carbonyl (C=O) groups is 2. The highest BCUT2D eigenvalue weighted by Crippen LogP contribution is 2.31. The summed E-state index contributed by atoms with van der Waals surface area (Å²) in [5.41, 5.74) is 1.52. The highest BCUT2D eigenvalue weighted by atomic mass is 79.9. The monoisotopic (exact) mass is 511 g/mol. The molecule has 2 aromatic rings. The van der Waals surface area contributed by atoms with Crippen LogP contribution in [0.15, 0.2) is 40.9 Å². The van der Waals surface area contributed by atoms with Crippen molar-refractivity contribution < 1.29 is 19.1 Å². The van der Waals surface area contributed by atoms with E-state index in [4.69, 9.17) is 21.1 Å². The third-order valence-corrected chi connectivity index (χ3v) is 7.48. The van der Waals surface area contributed by atoms with E-state index in [-0.39, 0.29) is 18.3 Å². The summed E-state index contributed by atoms with van der Waals surface area (Å²) in [4.78, 5) is 27.2. The van der Waals surface area contributed by atoms with Gasteiger partial charge in [-0.1, -0.05) is 43.4 Å². The Morgan fingerprint density at radius 3 is 2.47 bits per heavy atom. The third kappa shape index (κ3) is 6.59. The number of para-hydroxylation sites is 2. The molecule has 5 nitrogen and oxygen atoms in total. The Morgan fingerprint density at radius 2 is 1.83 bits per heavy atom. The molecule has 0 N–H and O–H groups in total. The first-order valence-corrected chi connectivity index (χ1v) is 14.5. The lowest BCUT2D eigenvalue weighted by molar-refractivity contribution is -0.142. The van der Waals surface area contributed by atoms with E-state index in [1.807, 2.05) is 12.1 Å². The second-order valence-electron chi connectivity index (χ2n) is 8.17. The lowest BCUT2D eigenvalue weighted by Crippen LogP contribution is -2.28. The molecule has 0 aliphatic rings. The normalized spacial score (nSPS) is 11.2. The molecule has 0 spiro atoms. The number of nitrogens with zero attached hydrogens (tertiary/aromatic N) is 1. The van der Waals surface area contributed by atoms with Crippen LogP contribution in [0.3, 0.4) is 0 Å². The van der Waals surface area contributed by atoms with E-state index in [0.717, 1.165) is 6.04 Å². The van der Waals surface area contributed by atoms with Gasteiger partial charge in [-0.3, -0.25) is 9.59 Å². The van der Waals surface area contributed by atoms with Crippen molar-refractivity contribution in [3.63, 3.8) is 0 Å². The average molecular weight is 513 g/mol. The van der Waals surface area contributed by atoms with E-state index in [0.29, 0.717) is 38.7 Å². The molecule has 162 valence electrons. The molecule has 0 saturated heterocycles. The molecule has 0 aliphatic carbocycles. The molecule has 0 fully saturated rings. The van der Waals surface area contributed by atoms with Gasteiger partial charge in [-0.05, 0) is 51.8 Å². The van der Waals surface area contributed by atoms with Crippen molar-refractivity contribution in [3.05, 3.63) is 57.0 Å². The van der Waals surface area contributed by atoms with Gasteiger partial charge < -0.3 is 14.4 Å². The first-order valence-electron chi connectivity index (χ1n) is 9.58. The van der Waals surface area contributed by atoms with Crippen molar-refractivity contribution in [2.24, 2.45) is 0 Å². The number of esters is 1. The van der Waals surface area contributed by atoms with E-state index < -0.39 is 8.07 Å². The van der Waals surface area contributed by atoms with Gasteiger partial charge in [0.25, 0.3) is 5.91 Å². The molecule has 0 bridgehead atoms. The minimum atomic E-state index is -1.30. The number of anilines is 1. The van der Waals surface area contributed by atoms with E-state index >= 15 is 0 Å². The second-order valence-corrected chi connectivity index (χ2v) is 15.1. The van der Waals surface area contributed by atoms with Crippen LogP contribution < -0.4 is 9.64 Å². The van der Waals surface area contributed by atoms with Gasteiger partial charge in [-0.2, -0.15) is 0 Å². The summed E-state index contributed by atoms with van der Waals surface area (Å²) in [6, 6.07) is 11.4. The lowest BCUT2D eigenvalue weighted by Gasteiger charge is -2.22. The number of halogens is 2. The molecule has 30 heavy (non-hydrogen) atoms. The zero-order chi connectivity index (χ0) is 22.5. The maximum absolute atomic E-state index is 13.3. The van der Waals surface area contributed by atoms with Crippen molar-refractivity contribution in [3.8, 4) is 5.75 Å². The van der Waals surface area contributed by atoms with E-state index in [1.54, 1.807) is 38.4 Å². The van der Waals surface area contributed by atoms with E-state index in [9.17, 15) is 9.59 Å². The molecule has 0 aromatic heterocycles. The van der Waals surface area contributed by atoms with Crippen molar-refractivity contribution in [2.75, 3.05) is 25.7 Å². The van der Waals surface area contributed by atoms with Gasteiger partial charge in [-0.25, -0.2) is 0 Å². The quantitative estimate of drug-likeness (QED) is 0.331. The summed E-state index contributed by atoms with van der Waals surface area (Å²) in [5.74, 6) is -0.0731. The van der Waals surface area contributed by atoms with Crippen molar-refractivity contribution in [1.29, 1.82) is 0 Å². The molecule has 2 rings (SSSR count). The van der Waals surface area contributed by atoms with Crippen LogP contribution in [0.2, 0.25) is 30.7 Å². The lowest BCUT2D eigenvalue weighted by atomic mass is 10.0. The predicted molar refractivity (Wildman–Crippen MR) is 128 cm³/mol. The summed E-state index contributed by atoms with van der Waals surface area (Å²) in [7, 11) is 1.92. The van der Waals surface area contributed by atoms with Crippen LogP contribution in [-0.2, 0) is 16.0 Å². The SMILES string of the molecule is COc1ccccc1N(C)C(=O)c1cc(Br)c(Cl)cc1CC(=O)OCC[Si](C)(C)C. The van der Waals surface area contributed by atoms with Gasteiger partial charge in [0.1, 0.15) is 5.75 Å². The van der Waals surface area contributed by atoms with Crippen LogP contribution in [0, 0.1) is 0 Å². The predicted octanol–water partition coefficient (Wildman–Crippen LogP) is 5.81. The first kappa shape index (κ1) is 24.4. The Labute approximate surface area is 192 Å². The van der Waals surface area contributed by atoms with Crippen molar-refractivity contribution in [2.45, 2.75) is 32.1 Å². The molecule has 0 aliphatic heterocycles. The molecule has 0 atom stereocenters. The molecular weight excluding hydrogens is 486 g/mol. The number of methoxy groups -OCH3 is 1. The zero-order valence-electron chi connectivity index (χ0n) is 17.9. The van der Waals surface area contributed by atoms with Crippen LogP contribution in [0.4, 0.5) is 5.69 Å². The smallest absolute Gasteiger partial charge is 0.310 e. The van der Waals surface area contributed by atoms with Crippen LogP contribution in [0.1, 0.15) is 15.9 Å². The number of carbonyl (C=O) groups excluding carboxylic acids is 2. The van der Waals surface area contributed by atoms with E-state index in [1.165, 1.54) is 4.90 Å². The number of ether oxygens (including phenoxy) is 2. The topological polar surface area (TPSA) is 55.8 Å². The summed E-state index contributed by atoms with van der Waals surface area (Å²) in [6.45, 7) is 7.06. The first-order chi connectivity index (χ1) is 14.0. The molecular formula is C22H27BrClNO4Si. The Morgan fingerprint density at radius 1 is 1.17 bits per heavy atom. The van der Waals surface area contributed by atoms with Crippen LogP contribution in [0.25, 0.3) is 0 Å². The summed E-state index contributed by atoms with van der Waals surface area (Å²) in [5, 5.41) is 0.427. The van der Waals surface area contributed by atoms with Gasteiger partial charge >= 0.3 is 5.97 Å². The minimum Gasteiger partial charge on any atom is -0.495 e. The summed E-state index contributed by atoms with van der Waals surface area (Å²) >= 11 is 9.62. The van der Waals surface area contributed by atoms with Crippen LogP contribution >= 0.6 is 27.5 Å². The minimum absolute atomic E-state index is 0.0282. The Kier molecular flexibility index (Phi) is 8.52. The Hall–Kier alpha value is -1.83. The van der Waals surface area contributed by atoms with Crippen LogP contribution in [0.5, 0.6) is 5.75 Å². The molecule has 0 saturated carbocycles. The van der Waals surface area contributed by atoms with Gasteiger partial charge in [0.05, 0.1) is 30.8 Å². The highest BCUT2D eigenvalue weighted by Gasteiger charge is 2.23. The van der Waals surface area contributed by atoms with E-state index in [2.05, 4.69) is 35.6 Å². The molecule has 0 heterocycles. The van der Waals surface area contributed by atoms with Gasteiger partial charge in [-0.15, -0.1) is 0 Å². The number of rotatable bonds is 8. The third-order valence-electron chi connectivity index (χ3n) is 4.58. The zero-order valence-corrected chi connectivity index (χ0v) is 21.3. The average Bonchev–Trinajstić information content (AvgIpc) is 2.68. The molecule has 2 aromatic carbocycles. The Bertz CT molecular complexity index is 930. The second kappa shape index (κ2) is 10.5. The Balaban J connectivity index is 2.28. The fraction of sp³-hybridized carbons (Fsp3) is 0.364. The number of hydrogen-bond acceptors (Lipinski definition) is 4. The number of hydrogen-bond donors (Lipinski definition) is 0. The molecule has 0 radical (unpaired) electrons. The molecule has 1 amide bonds. The molecule has 8 heteroatoms. The number of benzene rings is 2. The fourth-order valence-electron chi connectivity index (χ4n) is 2.81. The standard InChI is InChI=1S/C22H27BrClNO4Si/c1-25(19-8-6-7-9-20(19)28-2)22(27)16-14-17(23)18(24)12-15(16)13-21(26)29-10-11-30(3,4)5/h6-9,12,14H,10-11,13H2,1-5H3. The number of amides is 1. The fourth-order valence-corrected chi connectivity index (χ4v) is 4.05. The van der Waals surface area contributed by atoms with Crippen molar-refractivity contribution >= 4 is 53.2 Å². The summed E-state index contributed by atoms with van der Waals surface area (Å²) < 4.78 is 11.4. The summed E-state index contributed by atoms with van der Waals surface area (Å²) in [6.07, 6.45) is -0.0282. The van der Waals surface area contributed by atoms with Gasteiger partial charge in [0.15, 0.2) is 0 Å². The largest absolute Gasteiger partial charge is 0.495 e. The molecule has 0 unspecified atom stereocenters. The van der Waals surface area contributed by atoms with Gasteiger partial charge in [0.2, 0.25) is 0 Å².